The third-order valence-corrected chi connectivity index (χ3v) is 7.38. The molecule has 0 spiro atoms. The fourth-order valence-electron chi connectivity index (χ4n) is 3.22. The van der Waals surface area contributed by atoms with Crippen molar-refractivity contribution in [2.75, 3.05) is 18.2 Å². The Labute approximate surface area is 201 Å². The van der Waals surface area contributed by atoms with Crippen LogP contribution in [0.2, 0.25) is 0 Å². The first-order valence-corrected chi connectivity index (χ1v) is 12.3. The van der Waals surface area contributed by atoms with E-state index in [1.165, 1.54) is 35.8 Å². The number of carbonyl (C=O) groups is 2. The summed E-state index contributed by atoms with van der Waals surface area (Å²) in [6, 6.07) is 7.98. The van der Waals surface area contributed by atoms with Crippen molar-refractivity contribution in [1.82, 2.24) is 14.8 Å². The van der Waals surface area contributed by atoms with Crippen molar-refractivity contribution in [3.05, 3.63) is 51.7 Å². The van der Waals surface area contributed by atoms with Gasteiger partial charge in [-0.15, -0.1) is 21.5 Å². The second kappa shape index (κ2) is 10.8. The van der Waals surface area contributed by atoms with E-state index in [1.807, 2.05) is 56.7 Å². The van der Waals surface area contributed by atoms with E-state index < -0.39 is 5.97 Å². The summed E-state index contributed by atoms with van der Waals surface area (Å²) in [5, 5.41) is 12.4. The Kier molecular flexibility index (Phi) is 8.15. The molecule has 0 aliphatic rings. The molecule has 0 aliphatic carbocycles. The lowest BCUT2D eigenvalue weighted by molar-refractivity contribution is -0.113. The summed E-state index contributed by atoms with van der Waals surface area (Å²) in [6.45, 7) is 7.76. The molecule has 3 aromatic rings. The zero-order valence-corrected chi connectivity index (χ0v) is 21.2. The van der Waals surface area contributed by atoms with E-state index >= 15 is 0 Å². The van der Waals surface area contributed by atoms with Crippen LogP contribution in [-0.4, -0.2) is 39.5 Å². The first-order valence-electron chi connectivity index (χ1n) is 10.5. The molecule has 176 valence electrons. The van der Waals surface area contributed by atoms with E-state index in [9.17, 15) is 9.59 Å². The zero-order chi connectivity index (χ0) is 24.1. The highest BCUT2D eigenvalue weighted by Gasteiger charge is 2.22. The van der Waals surface area contributed by atoms with Gasteiger partial charge in [-0.05, 0) is 50.5 Å². The quantitative estimate of drug-likeness (QED) is 0.344. The fourth-order valence-corrected chi connectivity index (χ4v) is 5.00. The summed E-state index contributed by atoms with van der Waals surface area (Å²) < 4.78 is 12.7. The Morgan fingerprint density at radius 2 is 1.91 bits per heavy atom. The fraction of sp³-hybridized carbons (Fsp3) is 0.391. The number of benzene rings is 1. The maximum atomic E-state index is 12.6. The van der Waals surface area contributed by atoms with Crippen molar-refractivity contribution in [3.8, 4) is 5.75 Å². The number of ether oxygens (including phenoxy) is 2. The number of thiophene rings is 1. The molecular formula is C23H28N4O4S2. The molecule has 2 aromatic heterocycles. The predicted molar refractivity (Wildman–Crippen MR) is 130 cm³/mol. The average molecular weight is 489 g/mol. The van der Waals surface area contributed by atoms with E-state index in [-0.39, 0.29) is 17.8 Å². The van der Waals surface area contributed by atoms with E-state index in [0.717, 1.165) is 22.6 Å². The summed E-state index contributed by atoms with van der Waals surface area (Å²) in [5.41, 5.74) is 2.46. The van der Waals surface area contributed by atoms with Gasteiger partial charge in [-0.3, -0.25) is 4.79 Å². The van der Waals surface area contributed by atoms with Crippen LogP contribution in [0.1, 0.15) is 52.1 Å². The topological polar surface area (TPSA) is 95.3 Å². The Bertz CT molecular complexity index is 1140. The monoisotopic (exact) mass is 488 g/mol. The van der Waals surface area contributed by atoms with Gasteiger partial charge in [0.05, 0.1) is 18.4 Å². The van der Waals surface area contributed by atoms with Crippen LogP contribution in [0, 0.1) is 13.8 Å². The number of nitrogens with one attached hydrogen (secondary N) is 1. The number of nitrogens with zero attached hydrogens (tertiary/aromatic N) is 3. The summed E-state index contributed by atoms with van der Waals surface area (Å²) >= 11 is 2.62. The smallest absolute Gasteiger partial charge is 0.341 e. The molecule has 0 bridgehead atoms. The summed E-state index contributed by atoms with van der Waals surface area (Å²) in [4.78, 5) is 25.6. The van der Waals surface area contributed by atoms with Gasteiger partial charge in [0.2, 0.25) is 5.91 Å². The minimum Gasteiger partial charge on any atom is -0.483 e. The number of carbonyl (C=O) groups excluding carboxylic acids is 2. The number of aryl methyl sites for hydroxylation is 2. The van der Waals surface area contributed by atoms with Crippen molar-refractivity contribution in [1.29, 1.82) is 0 Å². The van der Waals surface area contributed by atoms with Gasteiger partial charge < -0.3 is 19.4 Å². The van der Waals surface area contributed by atoms with E-state index in [0.29, 0.717) is 21.5 Å². The normalized spacial score (nSPS) is 11.8. The summed E-state index contributed by atoms with van der Waals surface area (Å²) in [6.07, 6.45) is 0.668. The van der Waals surface area contributed by atoms with Crippen molar-refractivity contribution in [2.45, 2.75) is 45.4 Å². The van der Waals surface area contributed by atoms with E-state index in [4.69, 9.17) is 9.47 Å². The molecule has 2 heterocycles. The van der Waals surface area contributed by atoms with Crippen molar-refractivity contribution in [3.63, 3.8) is 0 Å². The Hall–Kier alpha value is -2.85. The van der Waals surface area contributed by atoms with Crippen LogP contribution < -0.4 is 10.1 Å². The van der Waals surface area contributed by atoms with Crippen LogP contribution in [-0.2, 0) is 23.0 Å². The predicted octanol–water partition coefficient (Wildman–Crippen LogP) is 4.71. The van der Waals surface area contributed by atoms with Gasteiger partial charge in [-0.1, -0.05) is 30.8 Å². The number of amides is 1. The summed E-state index contributed by atoms with van der Waals surface area (Å²) in [5.74, 6) is 0.845. The maximum Gasteiger partial charge on any atom is 0.341 e. The van der Waals surface area contributed by atoms with Crippen LogP contribution in [0.15, 0.2) is 29.4 Å². The number of thioether (sulfide) groups is 1. The molecule has 33 heavy (non-hydrogen) atoms. The molecule has 1 atom stereocenters. The molecule has 8 nitrogen and oxygen atoms in total. The number of esters is 1. The van der Waals surface area contributed by atoms with Gasteiger partial charge >= 0.3 is 5.97 Å². The second-order valence-corrected chi connectivity index (χ2v) is 9.64. The Morgan fingerprint density at radius 1 is 1.21 bits per heavy atom. The number of anilines is 1. The molecule has 1 N–H and O–H groups in total. The van der Waals surface area contributed by atoms with Gasteiger partial charge in [0.1, 0.15) is 10.8 Å². The third kappa shape index (κ3) is 5.75. The molecule has 3 rings (SSSR count). The summed E-state index contributed by atoms with van der Waals surface area (Å²) in [7, 11) is 3.17. The number of hydrogen-bond donors (Lipinski definition) is 1. The molecule has 0 aliphatic heterocycles. The zero-order valence-electron chi connectivity index (χ0n) is 19.6. The number of methoxy groups -OCH3 is 1. The van der Waals surface area contributed by atoms with Crippen LogP contribution in [0.3, 0.4) is 0 Å². The Balaban J connectivity index is 1.62. The van der Waals surface area contributed by atoms with Crippen molar-refractivity contribution in [2.24, 2.45) is 7.05 Å². The molecule has 1 aromatic carbocycles. The van der Waals surface area contributed by atoms with Gasteiger partial charge in [0, 0.05) is 11.9 Å². The highest BCUT2D eigenvalue weighted by Crippen LogP contribution is 2.33. The molecule has 0 saturated heterocycles. The highest BCUT2D eigenvalue weighted by molar-refractivity contribution is 7.99. The van der Waals surface area contributed by atoms with Gasteiger partial charge in [-0.2, -0.15) is 0 Å². The third-order valence-electron chi connectivity index (χ3n) is 5.24. The number of aromatic nitrogens is 3. The maximum absolute atomic E-state index is 12.6. The minimum absolute atomic E-state index is 0.121. The molecule has 1 amide bonds. The highest BCUT2D eigenvalue weighted by atomic mass is 32.2. The largest absolute Gasteiger partial charge is 0.483 e. The molecule has 0 fully saturated rings. The van der Waals surface area contributed by atoms with E-state index in [1.54, 1.807) is 0 Å². The molecule has 0 saturated carbocycles. The minimum atomic E-state index is -0.462. The van der Waals surface area contributed by atoms with E-state index in [2.05, 4.69) is 22.4 Å². The lowest BCUT2D eigenvalue weighted by Gasteiger charge is -2.14. The average Bonchev–Trinajstić information content (AvgIpc) is 3.30. The standard InChI is InChI=1S/C23H28N4O4S2/c1-7-16-8-10-17(11-9-16)31-14(3)20-25-26-23(27(20)5)32-12-18(28)24-21-19(22(29)30-6)13(2)15(4)33-21/h8-11,14H,7,12H2,1-6H3,(H,24,28). The molecule has 0 radical (unpaired) electrons. The first-order chi connectivity index (χ1) is 15.7. The molecular weight excluding hydrogens is 460 g/mol. The number of hydrogen-bond acceptors (Lipinski definition) is 8. The SMILES string of the molecule is CCc1ccc(OC(C)c2nnc(SCC(=O)Nc3sc(C)c(C)c3C(=O)OC)n2C)cc1. The van der Waals surface area contributed by atoms with Crippen LogP contribution >= 0.6 is 23.1 Å². The van der Waals surface area contributed by atoms with Crippen molar-refractivity contribution >= 4 is 40.0 Å². The van der Waals surface area contributed by atoms with Crippen LogP contribution in [0.4, 0.5) is 5.00 Å². The van der Waals surface area contributed by atoms with Crippen LogP contribution in [0.5, 0.6) is 5.75 Å². The lowest BCUT2D eigenvalue weighted by Crippen LogP contribution is -2.16. The molecule has 1 unspecified atom stereocenters. The van der Waals surface area contributed by atoms with Gasteiger partial charge in [0.15, 0.2) is 17.1 Å². The Morgan fingerprint density at radius 3 is 2.55 bits per heavy atom. The van der Waals surface area contributed by atoms with Crippen LogP contribution in [0.25, 0.3) is 0 Å². The second-order valence-electron chi connectivity index (χ2n) is 7.47. The van der Waals surface area contributed by atoms with Crippen molar-refractivity contribution < 1.29 is 19.1 Å². The first kappa shape index (κ1) is 24.8. The number of rotatable bonds is 9. The van der Waals surface area contributed by atoms with Gasteiger partial charge in [-0.25, -0.2) is 4.79 Å². The van der Waals surface area contributed by atoms with Gasteiger partial charge in [0.25, 0.3) is 0 Å². The lowest BCUT2D eigenvalue weighted by atomic mass is 10.1. The molecule has 10 heteroatoms.